The summed E-state index contributed by atoms with van der Waals surface area (Å²) < 4.78 is 24.9. The third kappa shape index (κ3) is 4.88. The number of carbonyl (C=O) groups is 2. The van der Waals surface area contributed by atoms with Crippen LogP contribution in [0, 0.1) is 18.3 Å². The van der Waals surface area contributed by atoms with Crippen molar-refractivity contribution in [2.75, 3.05) is 5.32 Å². The van der Waals surface area contributed by atoms with Crippen molar-refractivity contribution in [3.63, 3.8) is 0 Å². The lowest BCUT2D eigenvalue weighted by molar-refractivity contribution is -0.136. The predicted molar refractivity (Wildman–Crippen MR) is 178 cm³/mol. The van der Waals surface area contributed by atoms with Crippen LogP contribution in [0.1, 0.15) is 74.8 Å². The van der Waals surface area contributed by atoms with Crippen LogP contribution in [-0.2, 0) is 21.4 Å². The summed E-state index contributed by atoms with van der Waals surface area (Å²) in [6.45, 7) is 11.1. The number of aromatic nitrogens is 4. The second-order valence-corrected chi connectivity index (χ2v) is 14.5. The molecule has 2 aromatic carbocycles. The molecule has 8 rings (SSSR count). The lowest BCUT2D eigenvalue weighted by Gasteiger charge is -2.32. The Morgan fingerprint density at radius 2 is 1.86 bits per heavy atom. The van der Waals surface area contributed by atoms with Crippen LogP contribution in [-0.4, -0.2) is 55.4 Å². The van der Waals surface area contributed by atoms with Gasteiger partial charge < -0.3 is 39.2 Å². The number of hydrogen-bond acceptors (Lipinski definition) is 12. The quantitative estimate of drug-likeness (QED) is 0.205. The molecule has 4 bridgehead atoms. The van der Waals surface area contributed by atoms with Gasteiger partial charge in [-0.1, -0.05) is 70.1 Å². The molecule has 0 radical (unpaired) electrons. The van der Waals surface area contributed by atoms with Gasteiger partial charge in [0, 0.05) is 17.7 Å². The van der Waals surface area contributed by atoms with E-state index in [0.29, 0.717) is 28.7 Å². The van der Waals surface area contributed by atoms with Crippen molar-refractivity contribution >= 4 is 17.5 Å². The fourth-order valence-electron chi connectivity index (χ4n) is 7.00. The minimum atomic E-state index is -1.29. The number of amides is 2. The summed E-state index contributed by atoms with van der Waals surface area (Å²) in [4.78, 5) is 41.4. The largest absolute Gasteiger partial charge is 0.469 e. The highest BCUT2D eigenvalue weighted by molar-refractivity contribution is 5.90. The Bertz CT molecular complexity index is 2140. The second kappa shape index (κ2) is 11.3. The van der Waals surface area contributed by atoms with Crippen LogP contribution in [0.4, 0.5) is 5.69 Å². The van der Waals surface area contributed by atoms with Crippen LogP contribution >= 0.6 is 0 Å². The van der Waals surface area contributed by atoms with Crippen LogP contribution in [0.2, 0.25) is 0 Å². The summed E-state index contributed by atoms with van der Waals surface area (Å²) in [5, 5.41) is 23.9. The van der Waals surface area contributed by atoms with E-state index in [4.69, 9.17) is 28.1 Å². The van der Waals surface area contributed by atoms with E-state index in [1.165, 1.54) is 6.26 Å². The molecule has 14 nitrogen and oxygen atoms in total. The van der Waals surface area contributed by atoms with Gasteiger partial charge in [0.1, 0.15) is 35.6 Å². The molecule has 5 aromatic rings. The first-order chi connectivity index (χ1) is 23.8. The highest BCUT2D eigenvalue weighted by atomic mass is 16.5. The minimum absolute atomic E-state index is 0.143. The van der Waals surface area contributed by atoms with Crippen LogP contribution in [0.3, 0.4) is 0 Å². The van der Waals surface area contributed by atoms with E-state index < -0.39 is 47.1 Å². The Balaban J connectivity index is 1.37. The zero-order valence-corrected chi connectivity index (χ0v) is 28.4. The van der Waals surface area contributed by atoms with Gasteiger partial charge in [-0.3, -0.25) is 9.59 Å². The van der Waals surface area contributed by atoms with E-state index in [1.807, 2.05) is 63.2 Å². The molecule has 0 fully saturated rings. The van der Waals surface area contributed by atoms with Crippen molar-refractivity contribution < 1.29 is 32.8 Å². The molecule has 1 spiro atoms. The highest BCUT2D eigenvalue weighted by Gasteiger charge is 2.61. The Morgan fingerprint density at radius 1 is 1.06 bits per heavy atom. The van der Waals surface area contributed by atoms with Gasteiger partial charge in [0.25, 0.3) is 5.89 Å². The number of fused-ring (bicyclic) bond motifs is 4. The van der Waals surface area contributed by atoms with Crippen LogP contribution in [0.25, 0.3) is 23.2 Å². The van der Waals surface area contributed by atoms with Gasteiger partial charge in [0.15, 0.2) is 29.2 Å². The van der Waals surface area contributed by atoms with Crippen molar-refractivity contribution in [1.29, 1.82) is 0 Å². The standard InChI is InChI=1S/C36H37N7O7/c1-16(2)26(44)30(46)38-22-14-18-11-12-24-20(13-18)36(19-9-7-8-10-21(19)40-34(36)48-24)28-25(32-39-23(15-47-32)31-37-17(3)43-50-31)41-33(49-28)27(35(4,5)6)42-29(22)45/h7-13,15-16,22,26-27,34,40,44H,14H2,1-6H3,(H,38,46)(H,42,45)/t22-,26-,27?,34?,36-/m0/s1. The van der Waals surface area contributed by atoms with Gasteiger partial charge in [-0.2, -0.15) is 4.98 Å². The van der Waals surface area contributed by atoms with Gasteiger partial charge in [0.05, 0.1) is 0 Å². The first-order valence-electron chi connectivity index (χ1n) is 16.6. The van der Waals surface area contributed by atoms with Gasteiger partial charge in [-0.05, 0) is 41.5 Å². The van der Waals surface area contributed by atoms with E-state index in [9.17, 15) is 14.7 Å². The molecule has 4 N–H and O–H groups in total. The number of benzene rings is 2. The molecule has 0 aliphatic carbocycles. The van der Waals surface area contributed by atoms with E-state index in [0.717, 1.165) is 22.4 Å². The molecule has 3 aromatic heterocycles. The lowest BCUT2D eigenvalue weighted by Crippen LogP contribution is -2.53. The molecule has 3 aliphatic rings. The Labute approximate surface area is 287 Å². The third-order valence-corrected chi connectivity index (χ3v) is 9.57. The Hall–Kier alpha value is -5.50. The third-order valence-electron chi connectivity index (χ3n) is 9.57. The first kappa shape index (κ1) is 31.7. The summed E-state index contributed by atoms with van der Waals surface area (Å²) in [5.74, 6) is 0.571. The van der Waals surface area contributed by atoms with Crippen molar-refractivity contribution in [2.24, 2.45) is 11.3 Å². The van der Waals surface area contributed by atoms with Crippen molar-refractivity contribution in [3.8, 4) is 28.9 Å². The molecule has 14 heteroatoms. The smallest absolute Gasteiger partial charge is 0.279 e. The Morgan fingerprint density at radius 3 is 2.60 bits per heavy atom. The van der Waals surface area contributed by atoms with Crippen LogP contribution < -0.4 is 20.7 Å². The number of hydrogen-bond donors (Lipinski definition) is 4. The van der Waals surface area contributed by atoms with E-state index in [2.05, 4.69) is 26.1 Å². The molecule has 6 heterocycles. The number of aryl methyl sites for hydroxylation is 1. The molecule has 258 valence electrons. The molecule has 0 saturated heterocycles. The minimum Gasteiger partial charge on any atom is -0.469 e. The van der Waals surface area contributed by atoms with E-state index in [1.54, 1.807) is 20.8 Å². The molecule has 2 unspecified atom stereocenters. The lowest BCUT2D eigenvalue weighted by atomic mass is 9.72. The first-order valence-corrected chi connectivity index (χ1v) is 16.6. The molecular formula is C36H37N7O7. The zero-order chi connectivity index (χ0) is 35.1. The van der Waals surface area contributed by atoms with Gasteiger partial charge in [-0.15, -0.1) is 0 Å². The van der Waals surface area contributed by atoms with Gasteiger partial charge in [-0.25, -0.2) is 9.97 Å². The number of nitrogens with zero attached hydrogens (tertiary/aromatic N) is 4. The fourth-order valence-corrected chi connectivity index (χ4v) is 7.00. The normalized spacial score (nSPS) is 22.8. The summed E-state index contributed by atoms with van der Waals surface area (Å²) in [7, 11) is 0. The maximum Gasteiger partial charge on any atom is 0.279 e. The second-order valence-electron chi connectivity index (χ2n) is 14.5. The zero-order valence-electron chi connectivity index (χ0n) is 28.4. The van der Waals surface area contributed by atoms with E-state index in [-0.39, 0.29) is 30.0 Å². The maximum atomic E-state index is 14.2. The number of nitrogens with one attached hydrogen (secondary N) is 3. The number of aliphatic hydroxyl groups excluding tert-OH is 1. The molecule has 3 aliphatic heterocycles. The number of para-hydroxylation sites is 1. The molecule has 5 atom stereocenters. The molecule has 2 amide bonds. The molecule has 0 saturated carbocycles. The number of aliphatic hydroxyl groups is 1. The summed E-state index contributed by atoms with van der Waals surface area (Å²) in [5.41, 5.74) is 2.22. The van der Waals surface area contributed by atoms with Gasteiger partial charge in [0.2, 0.25) is 23.6 Å². The fraction of sp³-hybridized carbons (Fsp3) is 0.389. The van der Waals surface area contributed by atoms with E-state index >= 15 is 0 Å². The summed E-state index contributed by atoms with van der Waals surface area (Å²) in [6, 6.07) is 11.8. The predicted octanol–water partition coefficient (Wildman–Crippen LogP) is 4.43. The van der Waals surface area contributed by atoms with Crippen molar-refractivity contribution in [2.45, 2.75) is 77.8 Å². The summed E-state index contributed by atoms with van der Waals surface area (Å²) >= 11 is 0. The maximum absolute atomic E-state index is 14.2. The van der Waals surface area contributed by atoms with Crippen molar-refractivity contribution in [3.05, 3.63) is 82.9 Å². The van der Waals surface area contributed by atoms with Crippen LogP contribution in [0.5, 0.6) is 5.75 Å². The number of ether oxygens (including phenoxy) is 1. The number of anilines is 1. The van der Waals surface area contributed by atoms with Crippen LogP contribution in [0.15, 0.2) is 62.1 Å². The number of rotatable bonds is 5. The van der Waals surface area contributed by atoms with Crippen molar-refractivity contribution in [1.82, 2.24) is 30.7 Å². The average Bonchev–Trinajstić information content (AvgIpc) is 3.89. The monoisotopic (exact) mass is 679 g/mol. The molecular weight excluding hydrogens is 642 g/mol. The topological polar surface area (TPSA) is 191 Å². The average molecular weight is 680 g/mol. The molecule has 50 heavy (non-hydrogen) atoms. The number of carbonyl (C=O) groups excluding carboxylic acids is 2. The Kier molecular flexibility index (Phi) is 7.16. The highest BCUT2D eigenvalue weighted by Crippen LogP contribution is 2.59. The number of oxazole rings is 2. The van der Waals surface area contributed by atoms with Gasteiger partial charge >= 0.3 is 0 Å². The summed E-state index contributed by atoms with van der Waals surface area (Å²) in [6.07, 6.45) is -0.363. The SMILES string of the molecule is Cc1noc(-c2coc(-c3nc4oc3[C@@]35c6ccccc6NC3Oc3ccc(cc35)C[C@H](NC(=O)[C@@H](O)C(C)C)C(=O)NC4C(C)(C)C)n2)n1.